The van der Waals surface area contributed by atoms with E-state index in [9.17, 15) is 14.7 Å². The highest BCUT2D eigenvalue weighted by molar-refractivity contribution is 5.73. The van der Waals surface area contributed by atoms with Gasteiger partial charge in [0.2, 0.25) is 0 Å². The van der Waals surface area contributed by atoms with Gasteiger partial charge in [-0.2, -0.15) is 9.78 Å². The van der Waals surface area contributed by atoms with Crippen LogP contribution < -0.4 is 0 Å². The Balaban J connectivity index is 1.94. The molecule has 6 heteroatoms. The maximum atomic E-state index is 12.4. The van der Waals surface area contributed by atoms with Crippen LogP contribution in [0.4, 0.5) is 4.79 Å². The van der Waals surface area contributed by atoms with Crippen LogP contribution in [0, 0.1) is 5.92 Å². The zero-order chi connectivity index (χ0) is 16.1. The first kappa shape index (κ1) is 15.1. The summed E-state index contributed by atoms with van der Waals surface area (Å²) in [6.07, 6.45) is 3.24. The van der Waals surface area contributed by atoms with Gasteiger partial charge in [-0.25, -0.2) is 4.79 Å². The van der Waals surface area contributed by atoms with Crippen LogP contribution in [0.5, 0.6) is 0 Å². The van der Waals surface area contributed by atoms with Crippen LogP contribution in [0.1, 0.15) is 62.9 Å². The summed E-state index contributed by atoms with van der Waals surface area (Å²) in [5, 5.41) is 13.7. The van der Waals surface area contributed by atoms with Crippen molar-refractivity contribution in [2.75, 3.05) is 0 Å². The predicted octanol–water partition coefficient (Wildman–Crippen LogP) is 2.73. The second kappa shape index (κ2) is 5.11. The summed E-state index contributed by atoms with van der Waals surface area (Å²) in [5.74, 6) is -0.760. The number of aliphatic carboxylic acids is 1. The van der Waals surface area contributed by atoms with Gasteiger partial charge in [0.05, 0.1) is 17.3 Å². The number of carbonyl (C=O) groups is 2. The van der Waals surface area contributed by atoms with E-state index in [0.29, 0.717) is 25.2 Å². The van der Waals surface area contributed by atoms with Crippen LogP contribution in [-0.2, 0) is 22.4 Å². The first-order valence-corrected chi connectivity index (χ1v) is 7.83. The van der Waals surface area contributed by atoms with Gasteiger partial charge in [0.15, 0.2) is 0 Å². The molecule has 120 valence electrons. The molecule has 1 unspecified atom stereocenters. The lowest BCUT2D eigenvalue weighted by molar-refractivity contribution is -0.142. The Hall–Kier alpha value is -1.85. The molecule has 0 aliphatic heterocycles. The van der Waals surface area contributed by atoms with Crippen molar-refractivity contribution in [2.24, 2.45) is 5.92 Å². The maximum absolute atomic E-state index is 12.4. The van der Waals surface area contributed by atoms with E-state index in [1.54, 1.807) is 0 Å². The van der Waals surface area contributed by atoms with Crippen molar-refractivity contribution < 1.29 is 19.4 Å². The van der Waals surface area contributed by atoms with Gasteiger partial charge in [-0.3, -0.25) is 4.79 Å². The maximum Gasteiger partial charge on any atom is 0.435 e. The van der Waals surface area contributed by atoms with E-state index in [1.165, 1.54) is 4.68 Å². The van der Waals surface area contributed by atoms with Crippen LogP contribution >= 0.6 is 0 Å². The zero-order valence-corrected chi connectivity index (χ0v) is 13.3. The fourth-order valence-electron chi connectivity index (χ4n) is 2.99. The molecular weight excluding hydrogens is 284 g/mol. The van der Waals surface area contributed by atoms with Gasteiger partial charge in [0, 0.05) is 5.92 Å². The third kappa shape index (κ3) is 2.87. The molecule has 0 saturated heterocycles. The number of hydrogen-bond acceptors (Lipinski definition) is 4. The third-order valence-electron chi connectivity index (χ3n) is 4.18. The second-order valence-electron chi connectivity index (χ2n) is 7.25. The van der Waals surface area contributed by atoms with E-state index in [-0.39, 0.29) is 5.92 Å². The van der Waals surface area contributed by atoms with E-state index in [4.69, 9.17) is 4.74 Å². The van der Waals surface area contributed by atoms with Gasteiger partial charge in [-0.1, -0.05) is 0 Å². The fraction of sp³-hybridized carbons (Fsp3) is 0.688. The van der Waals surface area contributed by atoms with Crippen LogP contribution in [0.15, 0.2) is 0 Å². The highest BCUT2D eigenvalue weighted by Crippen LogP contribution is 2.43. The molecule has 0 bridgehead atoms. The first-order valence-electron chi connectivity index (χ1n) is 7.83. The molecule has 1 aromatic rings. The lowest BCUT2D eigenvalue weighted by atomic mass is 9.86. The fourth-order valence-corrected chi connectivity index (χ4v) is 2.99. The topological polar surface area (TPSA) is 81.4 Å². The summed E-state index contributed by atoms with van der Waals surface area (Å²) >= 11 is 0. The van der Waals surface area contributed by atoms with Crippen LogP contribution in [0.2, 0.25) is 0 Å². The molecule has 2 aliphatic carbocycles. The molecule has 0 amide bonds. The zero-order valence-electron chi connectivity index (χ0n) is 13.3. The van der Waals surface area contributed by atoms with Crippen molar-refractivity contribution >= 4 is 12.1 Å². The molecule has 0 radical (unpaired) electrons. The minimum absolute atomic E-state index is 0.374. The van der Waals surface area contributed by atoms with Gasteiger partial charge < -0.3 is 9.84 Å². The van der Waals surface area contributed by atoms with Crippen molar-refractivity contribution in [1.82, 2.24) is 9.78 Å². The molecule has 3 rings (SSSR count). The van der Waals surface area contributed by atoms with E-state index < -0.39 is 17.7 Å². The Morgan fingerprint density at radius 2 is 1.95 bits per heavy atom. The molecule has 1 N–H and O–H groups in total. The van der Waals surface area contributed by atoms with Crippen molar-refractivity contribution in [3.05, 3.63) is 17.0 Å². The number of ether oxygens (including phenoxy) is 1. The van der Waals surface area contributed by atoms with Crippen LogP contribution in [-0.4, -0.2) is 32.6 Å². The second-order valence-corrected chi connectivity index (χ2v) is 7.25. The molecule has 0 spiro atoms. The SMILES string of the molecule is CC(C)(C)OC(=O)n1nc(C2CC2)c2c1CCC(C(=O)O)C2. The minimum Gasteiger partial charge on any atom is -0.481 e. The summed E-state index contributed by atoms with van der Waals surface area (Å²) < 4.78 is 6.79. The highest BCUT2D eigenvalue weighted by Gasteiger charge is 2.37. The van der Waals surface area contributed by atoms with Crippen LogP contribution in [0.3, 0.4) is 0 Å². The van der Waals surface area contributed by atoms with Gasteiger partial charge >= 0.3 is 12.1 Å². The molecule has 0 aromatic carbocycles. The lowest BCUT2D eigenvalue weighted by Gasteiger charge is -2.22. The summed E-state index contributed by atoms with van der Waals surface area (Å²) in [4.78, 5) is 23.6. The minimum atomic E-state index is -0.766. The first-order chi connectivity index (χ1) is 10.3. The summed E-state index contributed by atoms with van der Waals surface area (Å²) in [7, 11) is 0. The largest absolute Gasteiger partial charge is 0.481 e. The molecule has 1 heterocycles. The normalized spacial score (nSPS) is 21.3. The van der Waals surface area contributed by atoms with Crippen molar-refractivity contribution in [3.8, 4) is 0 Å². The van der Waals surface area contributed by atoms with E-state index >= 15 is 0 Å². The molecule has 1 fully saturated rings. The van der Waals surface area contributed by atoms with Gasteiger partial charge in [0.25, 0.3) is 0 Å². The Morgan fingerprint density at radius 1 is 1.27 bits per heavy atom. The quantitative estimate of drug-likeness (QED) is 0.908. The van der Waals surface area contributed by atoms with Gasteiger partial charge in [-0.15, -0.1) is 0 Å². The molecule has 1 aromatic heterocycles. The summed E-state index contributed by atoms with van der Waals surface area (Å²) in [5.41, 5.74) is 2.14. The average molecular weight is 306 g/mol. The number of hydrogen-bond donors (Lipinski definition) is 1. The smallest absolute Gasteiger partial charge is 0.435 e. The molecular formula is C16H22N2O4. The lowest BCUT2D eigenvalue weighted by Crippen LogP contribution is -2.30. The monoisotopic (exact) mass is 306 g/mol. The van der Waals surface area contributed by atoms with Crippen molar-refractivity contribution in [3.63, 3.8) is 0 Å². The standard InChI is InChI=1S/C16H22N2O4/c1-16(2,3)22-15(21)18-12-7-6-10(14(19)20)8-11(12)13(17-18)9-4-5-9/h9-10H,4-8H2,1-3H3,(H,19,20). The van der Waals surface area contributed by atoms with Crippen LogP contribution in [0.25, 0.3) is 0 Å². The molecule has 2 aliphatic rings. The van der Waals surface area contributed by atoms with Gasteiger partial charge in [0.1, 0.15) is 5.60 Å². The molecule has 6 nitrogen and oxygen atoms in total. The number of carbonyl (C=O) groups excluding carboxylic acids is 1. The predicted molar refractivity (Wildman–Crippen MR) is 79.0 cm³/mol. The number of rotatable bonds is 2. The summed E-state index contributed by atoms with van der Waals surface area (Å²) in [6.45, 7) is 5.47. The Morgan fingerprint density at radius 3 is 2.50 bits per heavy atom. The number of aromatic nitrogens is 2. The number of nitrogens with zero attached hydrogens (tertiary/aromatic N) is 2. The van der Waals surface area contributed by atoms with E-state index in [2.05, 4.69) is 5.10 Å². The molecule has 22 heavy (non-hydrogen) atoms. The number of carboxylic acids is 1. The van der Waals surface area contributed by atoms with Gasteiger partial charge in [-0.05, 0) is 58.4 Å². The summed E-state index contributed by atoms with van der Waals surface area (Å²) in [6, 6.07) is 0. The van der Waals surface area contributed by atoms with Crippen molar-refractivity contribution in [2.45, 2.75) is 64.4 Å². The van der Waals surface area contributed by atoms with E-state index in [0.717, 1.165) is 29.8 Å². The third-order valence-corrected chi connectivity index (χ3v) is 4.18. The molecule has 1 atom stereocenters. The number of carboxylic acid groups (broad SMARTS) is 1. The Labute approximate surface area is 129 Å². The van der Waals surface area contributed by atoms with Crippen molar-refractivity contribution in [1.29, 1.82) is 0 Å². The highest BCUT2D eigenvalue weighted by atomic mass is 16.6. The molecule has 1 saturated carbocycles. The number of fused-ring (bicyclic) bond motifs is 1. The Kier molecular flexibility index (Phi) is 3.50. The van der Waals surface area contributed by atoms with E-state index in [1.807, 2.05) is 20.8 Å². The Bertz CT molecular complexity index is 623. The average Bonchev–Trinajstić information content (AvgIpc) is 3.16.